The number of nitrogens with zero attached hydrogens (tertiary/aromatic N) is 7. The van der Waals surface area contributed by atoms with E-state index in [1.54, 1.807) is 13.2 Å². The molecule has 3 aromatic carbocycles. The van der Waals surface area contributed by atoms with Crippen LogP contribution in [0, 0.1) is 0 Å². The predicted molar refractivity (Wildman–Crippen MR) is 162 cm³/mol. The van der Waals surface area contributed by atoms with Crippen LogP contribution in [0.4, 0.5) is 5.82 Å². The Balaban J connectivity index is 1.20. The molecule has 1 fully saturated rings. The van der Waals surface area contributed by atoms with E-state index in [9.17, 15) is 4.79 Å². The van der Waals surface area contributed by atoms with Crippen LogP contribution in [0.5, 0.6) is 11.5 Å². The van der Waals surface area contributed by atoms with Crippen LogP contribution in [0.25, 0.3) is 16.6 Å². The third kappa shape index (κ3) is 6.05. The van der Waals surface area contributed by atoms with E-state index in [0.29, 0.717) is 40.4 Å². The molecule has 0 aliphatic carbocycles. The summed E-state index contributed by atoms with van der Waals surface area (Å²) in [4.78, 5) is 15.6. The highest BCUT2D eigenvalue weighted by molar-refractivity contribution is 9.10. The molecule has 14 heteroatoms. The van der Waals surface area contributed by atoms with E-state index in [-0.39, 0.29) is 17.3 Å². The fourth-order valence-electron chi connectivity index (χ4n) is 5.02. The number of rotatable bonds is 10. The Morgan fingerprint density at radius 2 is 1.98 bits per heavy atom. The van der Waals surface area contributed by atoms with Crippen molar-refractivity contribution < 1.29 is 18.9 Å². The predicted octanol–water partition coefficient (Wildman–Crippen LogP) is 4.10. The van der Waals surface area contributed by atoms with Crippen LogP contribution in [0.15, 0.2) is 68.8 Å². The monoisotopic (exact) mass is 645 g/mol. The Morgan fingerprint density at radius 3 is 2.77 bits per heavy atom. The van der Waals surface area contributed by atoms with E-state index in [1.165, 1.54) is 10.9 Å². The maximum atomic E-state index is 13.4. The summed E-state index contributed by atoms with van der Waals surface area (Å²) >= 11 is 3.58. The molecular weight excluding hydrogens is 618 g/mol. The van der Waals surface area contributed by atoms with Gasteiger partial charge in [0.25, 0.3) is 5.91 Å². The molecule has 3 heterocycles. The van der Waals surface area contributed by atoms with Crippen molar-refractivity contribution >= 4 is 44.6 Å². The number of hydrogen-bond donors (Lipinski definition) is 2. The number of fused-ring (bicyclic) bond motifs is 1. The lowest BCUT2D eigenvalue weighted by molar-refractivity contribution is 0.0945. The topological polar surface area (TPSA) is 159 Å². The molecule has 0 radical (unpaired) electrons. The van der Waals surface area contributed by atoms with Gasteiger partial charge in [0.1, 0.15) is 23.8 Å². The first-order valence-electron chi connectivity index (χ1n) is 13.6. The van der Waals surface area contributed by atoms with Gasteiger partial charge in [-0.15, -0.1) is 5.10 Å². The number of anilines is 1. The van der Waals surface area contributed by atoms with Crippen LogP contribution in [-0.4, -0.2) is 62.5 Å². The molecule has 6 rings (SSSR count). The number of methoxy groups -OCH3 is 1. The molecule has 43 heavy (non-hydrogen) atoms. The number of nitrogens with two attached hydrogens (primary N) is 1. The van der Waals surface area contributed by atoms with Crippen LogP contribution in [0.3, 0.4) is 0 Å². The lowest BCUT2D eigenvalue weighted by Gasteiger charge is -2.13. The molecule has 1 aliphatic heterocycles. The van der Waals surface area contributed by atoms with Gasteiger partial charge in [0.2, 0.25) is 11.6 Å². The number of carbonyl (C=O) groups is 1. The number of ether oxygens (including phenoxy) is 2. The molecule has 1 amide bonds. The van der Waals surface area contributed by atoms with Crippen molar-refractivity contribution in [3.05, 3.63) is 81.6 Å². The second-order valence-corrected chi connectivity index (χ2v) is 10.8. The molecule has 0 saturated carbocycles. The highest BCUT2D eigenvalue weighted by Gasteiger charge is 2.27. The van der Waals surface area contributed by atoms with Gasteiger partial charge in [-0.3, -0.25) is 9.69 Å². The molecule has 0 unspecified atom stereocenters. The fourth-order valence-corrected chi connectivity index (χ4v) is 5.54. The molecule has 0 atom stereocenters. The normalized spacial score (nSPS) is 13.6. The average molecular weight is 647 g/mol. The zero-order chi connectivity index (χ0) is 29.8. The Bertz CT molecular complexity index is 1790. The third-order valence-corrected chi connectivity index (χ3v) is 7.80. The summed E-state index contributed by atoms with van der Waals surface area (Å²) in [5.41, 5.74) is 10.7. The molecule has 3 N–H and O–H groups in total. The van der Waals surface area contributed by atoms with Gasteiger partial charge in [-0.1, -0.05) is 47.7 Å². The van der Waals surface area contributed by atoms with Gasteiger partial charge in [-0.25, -0.2) is 10.1 Å². The molecule has 1 saturated heterocycles. The summed E-state index contributed by atoms with van der Waals surface area (Å²) in [6.07, 6.45) is 3.66. The fraction of sp³-hybridized carbons (Fsp3) is 0.241. The second-order valence-electron chi connectivity index (χ2n) is 9.90. The highest BCUT2D eigenvalue weighted by atomic mass is 79.9. The molecule has 0 bridgehead atoms. The first kappa shape index (κ1) is 28.3. The standard InChI is InChI=1S/C29H28BrN9O4/c1-41-25-14-20(42-17-19-9-6-8-18-7-2-3-10-21(18)19)13-23(30)22(25)15-32-34-29(40)26-24(16-38-11-4-5-12-38)33-37-39(26)28-27(31)35-43-36-28/h2-3,6-10,13-15H,4-5,11-12,16-17H2,1H3,(H2,31,35)(H,34,40)/b32-15+. The number of nitrogens with one attached hydrogen (secondary N) is 1. The Hall–Kier alpha value is -4.82. The van der Waals surface area contributed by atoms with Crippen molar-refractivity contribution in [2.45, 2.75) is 26.0 Å². The lowest BCUT2D eigenvalue weighted by Crippen LogP contribution is -2.26. The van der Waals surface area contributed by atoms with Crippen molar-refractivity contribution in [2.24, 2.45) is 5.10 Å². The quantitative estimate of drug-likeness (QED) is 0.167. The van der Waals surface area contributed by atoms with Crippen molar-refractivity contribution in [1.82, 2.24) is 35.6 Å². The van der Waals surface area contributed by atoms with E-state index in [2.05, 4.69) is 70.2 Å². The molecule has 2 aromatic heterocycles. The van der Waals surface area contributed by atoms with Gasteiger partial charge in [0.05, 0.1) is 18.9 Å². The Labute approximate surface area is 254 Å². The number of halogens is 1. The van der Waals surface area contributed by atoms with Gasteiger partial charge < -0.3 is 15.2 Å². The zero-order valence-electron chi connectivity index (χ0n) is 23.2. The minimum Gasteiger partial charge on any atom is -0.496 e. The number of amides is 1. The molecule has 1 aliphatic rings. The molecule has 0 spiro atoms. The van der Waals surface area contributed by atoms with E-state index >= 15 is 0 Å². The summed E-state index contributed by atoms with van der Waals surface area (Å²) in [6, 6.07) is 17.9. The molecule has 220 valence electrons. The Kier molecular flexibility index (Phi) is 8.29. The van der Waals surface area contributed by atoms with Gasteiger partial charge in [-0.2, -0.15) is 9.78 Å². The summed E-state index contributed by atoms with van der Waals surface area (Å²) in [5.74, 6) is 0.605. The van der Waals surface area contributed by atoms with E-state index in [0.717, 1.165) is 42.3 Å². The minimum atomic E-state index is -0.553. The van der Waals surface area contributed by atoms with Crippen molar-refractivity contribution in [3.63, 3.8) is 0 Å². The van der Waals surface area contributed by atoms with Gasteiger partial charge in [0, 0.05) is 17.1 Å². The second kappa shape index (κ2) is 12.6. The van der Waals surface area contributed by atoms with Crippen LogP contribution in [0.1, 0.15) is 40.2 Å². The van der Waals surface area contributed by atoms with Gasteiger partial charge in [0.15, 0.2) is 5.69 Å². The van der Waals surface area contributed by atoms with E-state index in [4.69, 9.17) is 19.8 Å². The minimum absolute atomic E-state index is 0.0217. The molecule has 13 nitrogen and oxygen atoms in total. The first-order valence-corrected chi connectivity index (χ1v) is 14.4. The van der Waals surface area contributed by atoms with Gasteiger partial charge >= 0.3 is 0 Å². The van der Waals surface area contributed by atoms with Crippen LogP contribution in [0.2, 0.25) is 0 Å². The van der Waals surface area contributed by atoms with Crippen molar-refractivity contribution in [1.29, 1.82) is 0 Å². The van der Waals surface area contributed by atoms with Crippen molar-refractivity contribution in [3.8, 4) is 17.3 Å². The highest BCUT2D eigenvalue weighted by Crippen LogP contribution is 2.32. The summed E-state index contributed by atoms with van der Waals surface area (Å²) in [7, 11) is 1.55. The smallest absolute Gasteiger partial charge is 0.292 e. The SMILES string of the molecule is COc1cc(OCc2cccc3ccccc23)cc(Br)c1/C=N/NC(=O)c1c(CN2CCCC2)nnn1-c1nonc1N. The number of hydrazone groups is 1. The summed E-state index contributed by atoms with van der Waals surface area (Å²) in [6.45, 7) is 2.65. The zero-order valence-corrected chi connectivity index (χ0v) is 24.8. The van der Waals surface area contributed by atoms with Crippen LogP contribution >= 0.6 is 15.9 Å². The largest absolute Gasteiger partial charge is 0.496 e. The number of hydrogen-bond acceptors (Lipinski definition) is 11. The van der Waals surface area contributed by atoms with Crippen LogP contribution < -0.4 is 20.6 Å². The number of carbonyl (C=O) groups excluding carboxylic acids is 1. The first-order chi connectivity index (χ1) is 21.0. The number of benzene rings is 3. The maximum absolute atomic E-state index is 13.4. The van der Waals surface area contributed by atoms with Gasteiger partial charge in [-0.05, 0) is 74.6 Å². The maximum Gasteiger partial charge on any atom is 0.292 e. The lowest BCUT2D eigenvalue weighted by atomic mass is 10.1. The van der Waals surface area contributed by atoms with Crippen LogP contribution in [-0.2, 0) is 13.2 Å². The summed E-state index contributed by atoms with van der Waals surface area (Å²) < 4.78 is 18.3. The summed E-state index contributed by atoms with van der Waals surface area (Å²) in [5, 5.41) is 22.2. The average Bonchev–Trinajstić information content (AvgIpc) is 3.78. The van der Waals surface area contributed by atoms with E-state index in [1.807, 2.05) is 30.3 Å². The molecular formula is C29H28BrN9O4. The molecule has 5 aromatic rings. The number of likely N-dealkylation sites (tertiary alicyclic amines) is 1. The van der Waals surface area contributed by atoms with E-state index < -0.39 is 5.91 Å². The third-order valence-electron chi connectivity index (χ3n) is 7.14. The Morgan fingerprint density at radius 1 is 1.16 bits per heavy atom. The van der Waals surface area contributed by atoms with Crippen molar-refractivity contribution in [2.75, 3.05) is 25.9 Å². The number of nitrogen functional groups attached to an aromatic ring is 1. The number of aromatic nitrogens is 5.